The number of aromatic nitrogens is 1. The van der Waals surface area contributed by atoms with Crippen LogP contribution < -0.4 is 5.32 Å². The van der Waals surface area contributed by atoms with Crippen molar-refractivity contribution in [2.75, 3.05) is 25.6 Å². The number of rotatable bonds is 8. The predicted octanol–water partition coefficient (Wildman–Crippen LogP) is 5.31. The van der Waals surface area contributed by atoms with Crippen LogP contribution in [0.2, 0.25) is 5.02 Å². The Kier molecular flexibility index (Phi) is 8.94. The third-order valence-corrected chi connectivity index (χ3v) is 8.51. The summed E-state index contributed by atoms with van der Waals surface area (Å²) < 4.78 is 27.2. The molecule has 0 spiro atoms. The van der Waals surface area contributed by atoms with Crippen molar-refractivity contribution in [3.05, 3.63) is 64.8 Å². The lowest BCUT2D eigenvalue weighted by Gasteiger charge is -2.30. The van der Waals surface area contributed by atoms with E-state index in [0.29, 0.717) is 34.7 Å². The lowest BCUT2D eigenvalue weighted by atomic mass is 9.87. The number of hydrogen-bond acceptors (Lipinski definition) is 5. The average Bonchev–Trinajstić information content (AvgIpc) is 3.52. The number of alkyl halides is 1. The summed E-state index contributed by atoms with van der Waals surface area (Å²) in [6.45, 7) is 0.300. The molecule has 1 aliphatic carbocycles. The van der Waals surface area contributed by atoms with Gasteiger partial charge in [-0.15, -0.1) is 0 Å². The number of nitrogens with zero attached hydrogens (tertiary/aromatic N) is 2. The second kappa shape index (κ2) is 12.6. The van der Waals surface area contributed by atoms with E-state index in [9.17, 15) is 18.8 Å². The molecule has 1 saturated carbocycles. The smallest absolute Gasteiger partial charge is 0.308 e. The van der Waals surface area contributed by atoms with Crippen LogP contribution in [0.1, 0.15) is 48.0 Å². The van der Waals surface area contributed by atoms with Gasteiger partial charge in [-0.25, -0.2) is 4.39 Å². The van der Waals surface area contributed by atoms with Gasteiger partial charge in [0.15, 0.2) is 0 Å². The number of aryl methyl sites for hydroxylation is 1. The Morgan fingerprint density at radius 2 is 1.85 bits per heavy atom. The van der Waals surface area contributed by atoms with Crippen LogP contribution in [0.4, 0.5) is 10.1 Å². The molecule has 1 N–H and O–H groups in total. The summed E-state index contributed by atoms with van der Waals surface area (Å²) in [4.78, 5) is 39.5. The molecule has 0 unspecified atom stereocenters. The molecule has 1 aliphatic heterocycles. The minimum absolute atomic E-state index is 0.0121. The van der Waals surface area contributed by atoms with Gasteiger partial charge in [0.05, 0.1) is 61.0 Å². The first kappa shape index (κ1) is 29.1. The van der Waals surface area contributed by atoms with Gasteiger partial charge in [-0.1, -0.05) is 35.9 Å². The molecule has 41 heavy (non-hydrogen) atoms. The maximum Gasteiger partial charge on any atom is 0.308 e. The topological polar surface area (TPSA) is 89.9 Å². The van der Waals surface area contributed by atoms with Gasteiger partial charge in [-0.3, -0.25) is 14.4 Å². The number of hydrogen-bond donors (Lipinski definition) is 1. The first-order valence-corrected chi connectivity index (χ1v) is 14.4. The highest BCUT2D eigenvalue weighted by Crippen LogP contribution is 2.30. The number of benzene rings is 2. The van der Waals surface area contributed by atoms with Crippen LogP contribution in [0.15, 0.2) is 48.7 Å². The van der Waals surface area contributed by atoms with Gasteiger partial charge in [0.2, 0.25) is 5.91 Å². The van der Waals surface area contributed by atoms with E-state index in [1.807, 2.05) is 35.9 Å². The van der Waals surface area contributed by atoms with Gasteiger partial charge >= 0.3 is 5.97 Å². The lowest BCUT2D eigenvalue weighted by Crippen LogP contribution is -2.40. The van der Waals surface area contributed by atoms with Crippen molar-refractivity contribution in [3.63, 3.8) is 0 Å². The second-order valence-electron chi connectivity index (χ2n) is 11.0. The number of para-hydroxylation sites is 1. The van der Waals surface area contributed by atoms with Gasteiger partial charge < -0.3 is 24.3 Å². The molecule has 1 saturated heterocycles. The molecule has 3 aromatic rings. The zero-order chi connectivity index (χ0) is 29.1. The Morgan fingerprint density at radius 1 is 1.10 bits per heavy atom. The van der Waals surface area contributed by atoms with Crippen molar-refractivity contribution in [1.82, 2.24) is 9.47 Å². The molecule has 2 heterocycles. The van der Waals surface area contributed by atoms with Crippen LogP contribution >= 0.6 is 11.6 Å². The fourth-order valence-electron chi connectivity index (χ4n) is 5.96. The van der Waals surface area contributed by atoms with Crippen molar-refractivity contribution in [1.29, 1.82) is 0 Å². The summed E-state index contributed by atoms with van der Waals surface area (Å²) in [5, 5.41) is 4.03. The fourth-order valence-corrected chi connectivity index (χ4v) is 6.21. The van der Waals surface area contributed by atoms with E-state index in [-0.39, 0.29) is 61.8 Å². The maximum atomic E-state index is 14.4. The molecule has 10 heteroatoms. The molecule has 0 radical (unpaired) electrons. The minimum Gasteiger partial charge on any atom is -0.469 e. The lowest BCUT2D eigenvalue weighted by molar-refractivity contribution is -0.148. The highest BCUT2D eigenvalue weighted by Gasteiger charge is 2.36. The highest BCUT2D eigenvalue weighted by molar-refractivity contribution is 6.34. The molecule has 8 nitrogen and oxygen atoms in total. The number of carbonyl (C=O) groups excluding carboxylic acids is 3. The summed E-state index contributed by atoms with van der Waals surface area (Å²) in [6, 6.07) is 12.4. The number of carbonyl (C=O) groups is 3. The Labute approximate surface area is 243 Å². The summed E-state index contributed by atoms with van der Waals surface area (Å²) in [5.41, 5.74) is 2.60. The van der Waals surface area contributed by atoms with Crippen LogP contribution in [0, 0.1) is 5.92 Å². The van der Waals surface area contributed by atoms with Crippen LogP contribution in [0.25, 0.3) is 10.9 Å². The number of esters is 1. The van der Waals surface area contributed by atoms with Crippen molar-refractivity contribution in [3.8, 4) is 0 Å². The van der Waals surface area contributed by atoms with E-state index in [4.69, 9.17) is 21.1 Å². The van der Waals surface area contributed by atoms with Crippen molar-refractivity contribution >= 4 is 46.0 Å². The number of fused-ring (bicyclic) bond motifs is 1. The molecule has 5 rings (SSSR count). The number of ether oxygens (including phenoxy) is 2. The van der Waals surface area contributed by atoms with E-state index in [1.54, 1.807) is 29.3 Å². The molecule has 2 atom stereocenters. The third-order valence-electron chi connectivity index (χ3n) is 8.20. The molecule has 2 aliphatic rings. The predicted molar refractivity (Wildman–Crippen MR) is 155 cm³/mol. The molecular formula is C31H35ClFN3O5. The Balaban J connectivity index is 1.17. The first-order chi connectivity index (χ1) is 19.7. The van der Waals surface area contributed by atoms with E-state index < -0.39 is 6.17 Å². The van der Waals surface area contributed by atoms with Crippen LogP contribution in [0.3, 0.4) is 0 Å². The van der Waals surface area contributed by atoms with E-state index in [2.05, 4.69) is 5.32 Å². The largest absolute Gasteiger partial charge is 0.469 e. The number of likely N-dealkylation sites (tertiary alicyclic amines) is 1. The highest BCUT2D eigenvalue weighted by atomic mass is 35.5. The summed E-state index contributed by atoms with van der Waals surface area (Å²) in [6.07, 6.45) is 3.85. The number of halogens is 2. The minimum atomic E-state index is -1.10. The normalized spacial score (nSPS) is 22.6. The van der Waals surface area contributed by atoms with E-state index in [1.165, 1.54) is 7.11 Å². The van der Waals surface area contributed by atoms with E-state index >= 15 is 0 Å². The van der Waals surface area contributed by atoms with Crippen molar-refractivity contribution < 1.29 is 28.2 Å². The fraction of sp³-hybridized carbons (Fsp3) is 0.452. The monoisotopic (exact) mass is 583 g/mol. The zero-order valence-electron chi connectivity index (χ0n) is 23.3. The third kappa shape index (κ3) is 6.57. The zero-order valence-corrected chi connectivity index (χ0v) is 24.0. The Bertz CT molecular complexity index is 1430. The Morgan fingerprint density at radius 3 is 2.59 bits per heavy atom. The molecule has 2 aromatic carbocycles. The van der Waals surface area contributed by atoms with Gasteiger partial charge in [0, 0.05) is 30.6 Å². The quantitative estimate of drug-likeness (QED) is 0.363. The van der Waals surface area contributed by atoms with Crippen molar-refractivity contribution in [2.24, 2.45) is 13.0 Å². The molecule has 2 amide bonds. The number of amides is 2. The summed E-state index contributed by atoms with van der Waals surface area (Å²) in [5.74, 6) is -0.752. The van der Waals surface area contributed by atoms with E-state index in [0.717, 1.165) is 23.7 Å². The standard InChI is InChI=1S/C31H35ClFN3O5/c1-35-17-25(24-5-3-4-6-28(24)35)30(38)34-27-12-7-19(13-26(27)32)14-29(37)36-16-21(33)15-22(36)18-41-23-10-8-20(9-11-23)31(39)40-2/h3-7,12-13,17,20-23H,8-11,14-16,18H2,1-2H3,(H,34,38)/t20?,21-,22-,23?/m0/s1. The Hall–Kier alpha value is -3.43. The summed E-state index contributed by atoms with van der Waals surface area (Å²) >= 11 is 6.50. The molecule has 2 fully saturated rings. The SMILES string of the molecule is COC(=O)C1CCC(OC[C@@H]2C[C@H](F)CN2C(=O)Cc2ccc(NC(=O)c3cn(C)c4ccccc34)c(Cl)c2)CC1. The van der Waals surface area contributed by atoms with Gasteiger partial charge in [0.1, 0.15) is 6.17 Å². The van der Waals surface area contributed by atoms with Gasteiger partial charge in [-0.05, 0) is 49.4 Å². The molecule has 218 valence electrons. The second-order valence-corrected chi connectivity index (χ2v) is 11.4. The van der Waals surface area contributed by atoms with Crippen LogP contribution in [-0.4, -0.2) is 65.8 Å². The maximum absolute atomic E-state index is 14.4. The van der Waals surface area contributed by atoms with Crippen molar-refractivity contribution in [2.45, 2.75) is 56.8 Å². The van der Waals surface area contributed by atoms with Crippen LogP contribution in [0.5, 0.6) is 0 Å². The number of nitrogens with one attached hydrogen (secondary N) is 1. The number of methoxy groups -OCH3 is 1. The van der Waals surface area contributed by atoms with Gasteiger partial charge in [0.25, 0.3) is 5.91 Å². The molecule has 1 aromatic heterocycles. The molecule has 0 bridgehead atoms. The number of anilines is 1. The average molecular weight is 584 g/mol. The first-order valence-electron chi connectivity index (χ1n) is 14.0. The summed E-state index contributed by atoms with van der Waals surface area (Å²) in [7, 11) is 3.29. The van der Waals surface area contributed by atoms with Crippen LogP contribution in [-0.2, 0) is 32.5 Å². The van der Waals surface area contributed by atoms with Gasteiger partial charge in [-0.2, -0.15) is 0 Å². The molecular weight excluding hydrogens is 549 g/mol.